The molecular weight excluding hydrogens is 220 g/mol. The number of nitrogens with one attached hydrogen (secondary N) is 1. The Morgan fingerprint density at radius 3 is 2.61 bits per heavy atom. The molecule has 0 aromatic heterocycles. The standard InChI is InChI=1S/C16H26N2/c1-12-6-7-13(16(2,3)4)10-14(12)15-11-18(5)9-8-17-15/h6-7,10,15,17H,8-9,11H2,1-5H3. The second-order valence-corrected chi connectivity index (χ2v) is 6.59. The predicted molar refractivity (Wildman–Crippen MR) is 78.1 cm³/mol. The van der Waals surface area contributed by atoms with Gasteiger partial charge >= 0.3 is 0 Å². The van der Waals surface area contributed by atoms with E-state index in [9.17, 15) is 0 Å². The number of rotatable bonds is 1. The molecule has 0 bridgehead atoms. The first-order valence-corrected chi connectivity index (χ1v) is 6.91. The van der Waals surface area contributed by atoms with E-state index >= 15 is 0 Å². The minimum absolute atomic E-state index is 0.225. The van der Waals surface area contributed by atoms with Crippen molar-refractivity contribution >= 4 is 0 Å². The lowest BCUT2D eigenvalue weighted by Gasteiger charge is -2.33. The maximum atomic E-state index is 3.64. The van der Waals surface area contributed by atoms with Gasteiger partial charge in [0.15, 0.2) is 0 Å². The molecule has 0 spiro atoms. The molecule has 1 N–H and O–H groups in total. The van der Waals surface area contributed by atoms with Gasteiger partial charge in [-0.15, -0.1) is 0 Å². The van der Waals surface area contributed by atoms with Gasteiger partial charge in [0.1, 0.15) is 0 Å². The molecule has 1 aliphatic heterocycles. The summed E-state index contributed by atoms with van der Waals surface area (Å²) in [5.74, 6) is 0. The fourth-order valence-electron chi connectivity index (χ4n) is 2.59. The van der Waals surface area contributed by atoms with E-state index in [1.165, 1.54) is 16.7 Å². The van der Waals surface area contributed by atoms with E-state index in [1.807, 2.05) is 0 Å². The number of nitrogens with zero attached hydrogens (tertiary/aromatic N) is 1. The number of hydrogen-bond acceptors (Lipinski definition) is 2. The van der Waals surface area contributed by atoms with Crippen LogP contribution in [-0.4, -0.2) is 31.6 Å². The third-order valence-corrected chi connectivity index (χ3v) is 3.90. The monoisotopic (exact) mass is 246 g/mol. The van der Waals surface area contributed by atoms with Crippen LogP contribution in [-0.2, 0) is 5.41 Å². The van der Waals surface area contributed by atoms with E-state index in [-0.39, 0.29) is 5.41 Å². The first kappa shape index (κ1) is 13.6. The van der Waals surface area contributed by atoms with Gasteiger partial charge in [-0.25, -0.2) is 0 Å². The van der Waals surface area contributed by atoms with Crippen molar-refractivity contribution in [3.8, 4) is 0 Å². The highest BCUT2D eigenvalue weighted by molar-refractivity contribution is 5.37. The zero-order chi connectivity index (χ0) is 13.3. The van der Waals surface area contributed by atoms with E-state index in [0.717, 1.165) is 19.6 Å². The van der Waals surface area contributed by atoms with E-state index < -0.39 is 0 Å². The Morgan fingerprint density at radius 2 is 2.00 bits per heavy atom. The first-order chi connectivity index (χ1) is 8.38. The number of hydrogen-bond donors (Lipinski definition) is 1. The van der Waals surface area contributed by atoms with Crippen molar-refractivity contribution in [1.29, 1.82) is 0 Å². The Balaban J connectivity index is 2.31. The number of benzene rings is 1. The van der Waals surface area contributed by atoms with Crippen LogP contribution >= 0.6 is 0 Å². The van der Waals surface area contributed by atoms with Crippen molar-refractivity contribution in [2.24, 2.45) is 0 Å². The second-order valence-electron chi connectivity index (χ2n) is 6.59. The normalized spacial score (nSPS) is 22.2. The second kappa shape index (κ2) is 5.02. The summed E-state index contributed by atoms with van der Waals surface area (Å²) in [7, 11) is 2.21. The molecule has 100 valence electrons. The lowest BCUT2D eigenvalue weighted by molar-refractivity contribution is 0.240. The fraction of sp³-hybridized carbons (Fsp3) is 0.625. The molecule has 1 fully saturated rings. The van der Waals surface area contributed by atoms with E-state index in [0.29, 0.717) is 6.04 Å². The van der Waals surface area contributed by atoms with Gasteiger partial charge in [0.25, 0.3) is 0 Å². The largest absolute Gasteiger partial charge is 0.308 e. The van der Waals surface area contributed by atoms with Crippen LogP contribution in [0.1, 0.15) is 43.5 Å². The zero-order valence-corrected chi connectivity index (χ0v) is 12.4. The highest BCUT2D eigenvalue weighted by atomic mass is 15.2. The molecule has 0 saturated carbocycles. The van der Waals surface area contributed by atoms with Crippen LogP contribution < -0.4 is 5.32 Å². The van der Waals surface area contributed by atoms with Gasteiger partial charge in [-0.05, 0) is 36.1 Å². The van der Waals surface area contributed by atoms with Crippen LogP contribution in [0.4, 0.5) is 0 Å². The smallest absolute Gasteiger partial charge is 0.0452 e. The topological polar surface area (TPSA) is 15.3 Å². The van der Waals surface area contributed by atoms with Crippen molar-refractivity contribution in [1.82, 2.24) is 10.2 Å². The van der Waals surface area contributed by atoms with Gasteiger partial charge in [-0.3, -0.25) is 0 Å². The van der Waals surface area contributed by atoms with Crippen molar-refractivity contribution in [3.05, 3.63) is 34.9 Å². The molecular formula is C16H26N2. The molecule has 1 aliphatic rings. The average Bonchev–Trinajstić information content (AvgIpc) is 2.28. The van der Waals surface area contributed by atoms with Crippen molar-refractivity contribution < 1.29 is 0 Å². The van der Waals surface area contributed by atoms with Gasteiger partial charge in [0, 0.05) is 25.7 Å². The number of aryl methyl sites for hydroxylation is 1. The van der Waals surface area contributed by atoms with Gasteiger partial charge in [-0.1, -0.05) is 39.0 Å². The molecule has 1 aromatic carbocycles. The molecule has 1 heterocycles. The Labute approximate surface area is 111 Å². The van der Waals surface area contributed by atoms with Gasteiger partial charge < -0.3 is 10.2 Å². The summed E-state index contributed by atoms with van der Waals surface area (Å²) in [5, 5.41) is 3.64. The number of piperazine rings is 1. The fourth-order valence-corrected chi connectivity index (χ4v) is 2.59. The molecule has 1 atom stereocenters. The van der Waals surface area contributed by atoms with E-state index in [2.05, 4.69) is 63.2 Å². The molecule has 2 heteroatoms. The molecule has 0 radical (unpaired) electrons. The van der Waals surface area contributed by atoms with E-state index in [1.54, 1.807) is 0 Å². The summed E-state index contributed by atoms with van der Waals surface area (Å²) in [5.41, 5.74) is 4.52. The van der Waals surface area contributed by atoms with Gasteiger partial charge in [0.2, 0.25) is 0 Å². The quantitative estimate of drug-likeness (QED) is 0.819. The summed E-state index contributed by atoms with van der Waals surface area (Å²) < 4.78 is 0. The maximum absolute atomic E-state index is 3.64. The van der Waals surface area contributed by atoms with Crippen molar-refractivity contribution in [3.63, 3.8) is 0 Å². The molecule has 0 amide bonds. The van der Waals surface area contributed by atoms with Crippen LogP contribution in [0.3, 0.4) is 0 Å². The lowest BCUT2D eigenvalue weighted by atomic mass is 9.84. The summed E-state index contributed by atoms with van der Waals surface area (Å²) in [4.78, 5) is 2.41. The number of likely N-dealkylation sites (N-methyl/N-ethyl adjacent to an activating group) is 1. The van der Waals surface area contributed by atoms with Crippen LogP contribution in [0, 0.1) is 6.92 Å². The molecule has 18 heavy (non-hydrogen) atoms. The van der Waals surface area contributed by atoms with Crippen LogP contribution in [0.2, 0.25) is 0 Å². The first-order valence-electron chi connectivity index (χ1n) is 6.91. The molecule has 1 aromatic rings. The Bertz CT molecular complexity index is 418. The van der Waals surface area contributed by atoms with Crippen LogP contribution in [0.5, 0.6) is 0 Å². The molecule has 1 saturated heterocycles. The maximum Gasteiger partial charge on any atom is 0.0452 e. The summed E-state index contributed by atoms with van der Waals surface area (Å²) >= 11 is 0. The van der Waals surface area contributed by atoms with Crippen molar-refractivity contribution in [2.45, 2.75) is 39.2 Å². The van der Waals surface area contributed by atoms with Crippen LogP contribution in [0.25, 0.3) is 0 Å². The minimum Gasteiger partial charge on any atom is -0.308 e. The van der Waals surface area contributed by atoms with Gasteiger partial charge in [0.05, 0.1) is 0 Å². The predicted octanol–water partition coefficient (Wildman–Crippen LogP) is 2.87. The summed E-state index contributed by atoms with van der Waals surface area (Å²) in [6.45, 7) is 12.4. The third kappa shape index (κ3) is 2.93. The summed E-state index contributed by atoms with van der Waals surface area (Å²) in [6, 6.07) is 7.41. The zero-order valence-electron chi connectivity index (χ0n) is 12.4. The SMILES string of the molecule is Cc1ccc(C(C)(C)C)cc1C1CN(C)CCN1. The average molecular weight is 246 g/mol. The van der Waals surface area contributed by atoms with Crippen molar-refractivity contribution in [2.75, 3.05) is 26.7 Å². The molecule has 2 nitrogen and oxygen atoms in total. The molecule has 0 aliphatic carbocycles. The highest BCUT2D eigenvalue weighted by Gasteiger charge is 2.22. The Kier molecular flexibility index (Phi) is 3.79. The van der Waals surface area contributed by atoms with E-state index in [4.69, 9.17) is 0 Å². The Hall–Kier alpha value is -0.860. The van der Waals surface area contributed by atoms with Crippen LogP contribution in [0.15, 0.2) is 18.2 Å². The summed E-state index contributed by atoms with van der Waals surface area (Å²) in [6.07, 6.45) is 0. The minimum atomic E-state index is 0.225. The lowest BCUT2D eigenvalue weighted by Crippen LogP contribution is -2.44. The third-order valence-electron chi connectivity index (χ3n) is 3.90. The molecule has 1 unspecified atom stereocenters. The highest BCUT2D eigenvalue weighted by Crippen LogP contribution is 2.28. The molecule has 2 rings (SSSR count). The van der Waals surface area contributed by atoms with Gasteiger partial charge in [-0.2, -0.15) is 0 Å². The Morgan fingerprint density at radius 1 is 1.28 bits per heavy atom.